The molecule has 0 aliphatic heterocycles. The number of nitrogens with one attached hydrogen (secondary N) is 2. The lowest BCUT2D eigenvalue weighted by Gasteiger charge is -2.11. The number of hydrogen-bond donors (Lipinski definition) is 2. The Morgan fingerprint density at radius 2 is 2.35 bits per heavy atom. The number of H-pyrrole nitrogens is 1. The van der Waals surface area contributed by atoms with Crippen molar-refractivity contribution in [2.75, 3.05) is 5.32 Å². The first-order valence-electron chi connectivity index (χ1n) is 4.88. The van der Waals surface area contributed by atoms with E-state index in [1.54, 1.807) is 6.07 Å². The van der Waals surface area contributed by atoms with E-state index in [9.17, 15) is 0 Å². The van der Waals surface area contributed by atoms with Crippen molar-refractivity contribution in [1.82, 2.24) is 20.2 Å². The van der Waals surface area contributed by atoms with Crippen molar-refractivity contribution in [3.05, 3.63) is 35.0 Å². The summed E-state index contributed by atoms with van der Waals surface area (Å²) in [5.41, 5.74) is 0.456. The molecule has 0 aliphatic carbocycles. The molecule has 1 unspecified atom stereocenters. The number of nitrogens with zero attached hydrogens (tertiary/aromatic N) is 4. The number of anilines is 1. The van der Waals surface area contributed by atoms with Gasteiger partial charge in [0.05, 0.1) is 17.7 Å². The Labute approximate surface area is 103 Å². The fourth-order valence-corrected chi connectivity index (χ4v) is 1.56. The van der Waals surface area contributed by atoms with Gasteiger partial charge in [0, 0.05) is 0 Å². The summed E-state index contributed by atoms with van der Waals surface area (Å²) in [5.74, 6) is 1.21. The summed E-state index contributed by atoms with van der Waals surface area (Å²) in [6.45, 7) is 1.90. The average Bonchev–Trinajstić information content (AvgIpc) is 2.81. The van der Waals surface area contributed by atoms with Crippen LogP contribution in [0.15, 0.2) is 18.5 Å². The molecular weight excluding hydrogens is 240 g/mol. The van der Waals surface area contributed by atoms with Crippen LogP contribution in [-0.2, 0) is 0 Å². The number of aromatic nitrogens is 4. The van der Waals surface area contributed by atoms with Crippen LogP contribution in [0.2, 0.25) is 5.15 Å². The molecule has 0 radical (unpaired) electrons. The standard InChI is InChI=1S/C10H9ClN6/c1-6(10-13-5-14-17-10)15-9-3-7(4-12)2-8(11)16-9/h2-3,5-6H,1H3,(H,15,16)(H,13,14,17). The number of pyridine rings is 1. The van der Waals surface area contributed by atoms with Crippen LogP contribution in [0.25, 0.3) is 0 Å². The Hall–Kier alpha value is -2.13. The Morgan fingerprint density at radius 1 is 1.53 bits per heavy atom. The number of halogens is 1. The molecule has 0 aromatic carbocycles. The first-order valence-corrected chi connectivity index (χ1v) is 5.26. The van der Waals surface area contributed by atoms with E-state index in [0.717, 1.165) is 0 Å². The summed E-state index contributed by atoms with van der Waals surface area (Å²) in [7, 11) is 0. The largest absolute Gasteiger partial charge is 0.360 e. The highest BCUT2D eigenvalue weighted by Gasteiger charge is 2.09. The van der Waals surface area contributed by atoms with Gasteiger partial charge in [-0.2, -0.15) is 10.4 Å². The van der Waals surface area contributed by atoms with Crippen molar-refractivity contribution in [2.45, 2.75) is 13.0 Å². The summed E-state index contributed by atoms with van der Waals surface area (Å²) >= 11 is 5.80. The van der Waals surface area contributed by atoms with Crippen LogP contribution in [0.3, 0.4) is 0 Å². The number of nitriles is 1. The summed E-state index contributed by atoms with van der Waals surface area (Å²) < 4.78 is 0. The van der Waals surface area contributed by atoms with Crippen LogP contribution in [0, 0.1) is 11.3 Å². The van der Waals surface area contributed by atoms with Crippen LogP contribution in [0.5, 0.6) is 0 Å². The third kappa shape index (κ3) is 2.71. The summed E-state index contributed by atoms with van der Waals surface area (Å²) in [5, 5.41) is 18.7. The van der Waals surface area contributed by atoms with Crippen LogP contribution >= 0.6 is 11.6 Å². The second-order valence-electron chi connectivity index (χ2n) is 3.41. The summed E-state index contributed by atoms with van der Waals surface area (Å²) in [6, 6.07) is 5.04. The zero-order valence-electron chi connectivity index (χ0n) is 8.98. The fourth-order valence-electron chi connectivity index (χ4n) is 1.35. The second-order valence-corrected chi connectivity index (χ2v) is 3.80. The average molecular weight is 249 g/mol. The third-order valence-corrected chi connectivity index (χ3v) is 2.33. The minimum atomic E-state index is -0.102. The van der Waals surface area contributed by atoms with Crippen LogP contribution in [-0.4, -0.2) is 20.2 Å². The molecule has 2 aromatic rings. The smallest absolute Gasteiger partial charge is 0.146 e. The van der Waals surface area contributed by atoms with Gasteiger partial charge in [-0.3, -0.25) is 5.10 Å². The van der Waals surface area contributed by atoms with E-state index in [1.807, 2.05) is 13.0 Å². The van der Waals surface area contributed by atoms with Crippen molar-refractivity contribution >= 4 is 17.4 Å². The zero-order valence-corrected chi connectivity index (χ0v) is 9.73. The van der Waals surface area contributed by atoms with Crippen molar-refractivity contribution in [3.8, 4) is 6.07 Å². The highest BCUT2D eigenvalue weighted by molar-refractivity contribution is 6.29. The third-order valence-electron chi connectivity index (χ3n) is 2.13. The molecule has 0 spiro atoms. The lowest BCUT2D eigenvalue weighted by molar-refractivity contribution is 0.790. The van der Waals surface area contributed by atoms with Gasteiger partial charge in [0.1, 0.15) is 23.1 Å². The minimum absolute atomic E-state index is 0.102. The molecular formula is C10H9ClN6. The molecule has 0 saturated carbocycles. The van der Waals surface area contributed by atoms with E-state index in [1.165, 1.54) is 12.4 Å². The van der Waals surface area contributed by atoms with Crippen LogP contribution in [0.1, 0.15) is 24.4 Å². The molecule has 0 amide bonds. The molecule has 86 valence electrons. The molecule has 1 atom stereocenters. The van der Waals surface area contributed by atoms with Gasteiger partial charge in [-0.25, -0.2) is 9.97 Å². The molecule has 0 saturated heterocycles. The Balaban J connectivity index is 2.19. The SMILES string of the molecule is CC(Nc1cc(C#N)cc(Cl)n1)c1ncn[nH]1. The summed E-state index contributed by atoms with van der Waals surface area (Å²) in [4.78, 5) is 8.10. The second kappa shape index (κ2) is 4.80. The van der Waals surface area contributed by atoms with E-state index in [-0.39, 0.29) is 11.2 Å². The molecule has 17 heavy (non-hydrogen) atoms. The molecule has 2 heterocycles. The van der Waals surface area contributed by atoms with Gasteiger partial charge in [-0.15, -0.1) is 0 Å². The topological polar surface area (TPSA) is 90.3 Å². The van der Waals surface area contributed by atoms with Gasteiger partial charge in [-0.1, -0.05) is 11.6 Å². The molecule has 2 rings (SSSR count). The van der Waals surface area contributed by atoms with Gasteiger partial charge < -0.3 is 5.32 Å². The van der Waals surface area contributed by atoms with Gasteiger partial charge >= 0.3 is 0 Å². The highest BCUT2D eigenvalue weighted by atomic mass is 35.5. The van der Waals surface area contributed by atoms with Gasteiger partial charge in [0.25, 0.3) is 0 Å². The number of rotatable bonds is 3. The van der Waals surface area contributed by atoms with E-state index in [4.69, 9.17) is 16.9 Å². The predicted octanol–water partition coefficient (Wildman–Crippen LogP) is 1.90. The van der Waals surface area contributed by atoms with Gasteiger partial charge in [0.15, 0.2) is 0 Å². The van der Waals surface area contributed by atoms with Gasteiger partial charge in [0.2, 0.25) is 0 Å². The molecule has 0 bridgehead atoms. The normalized spacial score (nSPS) is 11.8. The first kappa shape index (κ1) is 11.4. The lowest BCUT2D eigenvalue weighted by atomic mass is 10.2. The first-order chi connectivity index (χ1) is 8.19. The fraction of sp³-hybridized carbons (Fsp3) is 0.200. The highest BCUT2D eigenvalue weighted by Crippen LogP contribution is 2.18. The molecule has 2 N–H and O–H groups in total. The number of hydrogen-bond acceptors (Lipinski definition) is 5. The zero-order chi connectivity index (χ0) is 12.3. The maximum Gasteiger partial charge on any atom is 0.146 e. The van der Waals surface area contributed by atoms with E-state index in [2.05, 4.69) is 25.5 Å². The molecule has 7 heteroatoms. The quantitative estimate of drug-likeness (QED) is 0.810. The maximum absolute atomic E-state index is 8.81. The van der Waals surface area contributed by atoms with Crippen molar-refractivity contribution in [3.63, 3.8) is 0 Å². The Morgan fingerprint density at radius 3 is 3.00 bits per heavy atom. The Bertz CT molecular complexity index is 544. The molecule has 0 aliphatic rings. The monoisotopic (exact) mass is 248 g/mol. The lowest BCUT2D eigenvalue weighted by Crippen LogP contribution is -2.09. The van der Waals surface area contributed by atoms with Crippen molar-refractivity contribution < 1.29 is 0 Å². The van der Waals surface area contributed by atoms with Gasteiger partial charge in [-0.05, 0) is 19.1 Å². The minimum Gasteiger partial charge on any atom is -0.360 e. The molecule has 2 aromatic heterocycles. The maximum atomic E-state index is 8.81. The van der Waals surface area contributed by atoms with Crippen LogP contribution < -0.4 is 5.32 Å². The predicted molar refractivity (Wildman–Crippen MR) is 62.4 cm³/mol. The van der Waals surface area contributed by atoms with E-state index < -0.39 is 0 Å². The van der Waals surface area contributed by atoms with E-state index in [0.29, 0.717) is 17.2 Å². The van der Waals surface area contributed by atoms with Crippen molar-refractivity contribution in [1.29, 1.82) is 5.26 Å². The van der Waals surface area contributed by atoms with E-state index >= 15 is 0 Å². The molecule has 6 nitrogen and oxygen atoms in total. The Kier molecular flexibility index (Phi) is 3.21. The summed E-state index contributed by atoms with van der Waals surface area (Å²) in [6.07, 6.45) is 1.43. The molecule has 0 fully saturated rings. The van der Waals surface area contributed by atoms with Crippen LogP contribution in [0.4, 0.5) is 5.82 Å². The van der Waals surface area contributed by atoms with Crippen molar-refractivity contribution in [2.24, 2.45) is 0 Å². The number of aromatic amines is 1.